The van der Waals surface area contributed by atoms with Crippen LogP contribution in [0.25, 0.3) is 11.2 Å². The van der Waals surface area contributed by atoms with Crippen molar-refractivity contribution in [2.45, 2.75) is 69.5 Å². The number of nitrogens with two attached hydrogens (primary N) is 1. The number of fused-ring (bicyclic) bond motifs is 1. The summed E-state index contributed by atoms with van der Waals surface area (Å²) in [5.41, 5.74) is 7.92. The molecule has 0 atom stereocenters. The smallest absolute Gasteiger partial charge is 0.227 e. The van der Waals surface area contributed by atoms with E-state index in [4.69, 9.17) is 25.4 Å². The standard InChI is InChI=1S/C22H36N8O/c23-16-5-7-17(8-6-16)26-22-27-20(24-9-10-29-11-13-31-14-12-29)19-21(28-22)30(15-25-19)18-3-1-2-4-18/h15-18H,1-14,23H2,(H2,24,26,27,28). The fourth-order valence-electron chi connectivity index (χ4n) is 5.16. The molecule has 0 unspecified atom stereocenters. The number of hydrogen-bond acceptors (Lipinski definition) is 8. The van der Waals surface area contributed by atoms with Crippen LogP contribution in [0.5, 0.6) is 0 Å². The number of nitrogens with zero attached hydrogens (tertiary/aromatic N) is 5. The lowest BCUT2D eigenvalue weighted by molar-refractivity contribution is 0.0398. The third-order valence-corrected chi connectivity index (χ3v) is 7.07. The largest absolute Gasteiger partial charge is 0.379 e. The Labute approximate surface area is 184 Å². The van der Waals surface area contributed by atoms with Crippen molar-refractivity contribution in [2.24, 2.45) is 5.73 Å². The van der Waals surface area contributed by atoms with Crippen LogP contribution in [-0.4, -0.2) is 75.9 Å². The molecular weight excluding hydrogens is 392 g/mol. The highest BCUT2D eigenvalue weighted by atomic mass is 16.5. The summed E-state index contributed by atoms with van der Waals surface area (Å²) in [5.74, 6) is 1.55. The van der Waals surface area contributed by atoms with Crippen molar-refractivity contribution in [1.82, 2.24) is 24.4 Å². The number of rotatable bonds is 7. The van der Waals surface area contributed by atoms with E-state index < -0.39 is 0 Å². The fourth-order valence-corrected chi connectivity index (χ4v) is 5.16. The van der Waals surface area contributed by atoms with E-state index >= 15 is 0 Å². The Balaban J connectivity index is 1.35. The monoisotopic (exact) mass is 428 g/mol. The molecule has 0 aromatic carbocycles. The van der Waals surface area contributed by atoms with E-state index in [0.29, 0.717) is 24.1 Å². The molecule has 2 saturated carbocycles. The lowest BCUT2D eigenvalue weighted by atomic mass is 9.92. The van der Waals surface area contributed by atoms with E-state index in [0.717, 1.165) is 82.1 Å². The molecule has 3 aliphatic rings. The maximum atomic E-state index is 6.09. The second kappa shape index (κ2) is 9.67. The maximum absolute atomic E-state index is 6.09. The molecular formula is C22H36N8O. The van der Waals surface area contributed by atoms with Crippen LogP contribution < -0.4 is 16.4 Å². The normalized spacial score (nSPS) is 25.8. The van der Waals surface area contributed by atoms with Crippen LogP contribution in [0, 0.1) is 0 Å². The topological polar surface area (TPSA) is 106 Å². The number of morpholine rings is 1. The lowest BCUT2D eigenvalue weighted by Crippen LogP contribution is -2.39. The van der Waals surface area contributed by atoms with E-state index in [1.165, 1.54) is 25.7 Å². The van der Waals surface area contributed by atoms with E-state index in [2.05, 4.69) is 20.1 Å². The first-order chi connectivity index (χ1) is 15.3. The van der Waals surface area contributed by atoms with Crippen LogP contribution in [0.4, 0.5) is 11.8 Å². The summed E-state index contributed by atoms with van der Waals surface area (Å²) in [6.07, 6.45) is 11.2. The number of anilines is 2. The third kappa shape index (κ3) is 4.94. The van der Waals surface area contributed by atoms with Gasteiger partial charge in [0.1, 0.15) is 0 Å². The van der Waals surface area contributed by atoms with E-state index in [9.17, 15) is 0 Å². The Bertz CT molecular complexity index is 851. The van der Waals surface area contributed by atoms with Gasteiger partial charge in [-0.05, 0) is 38.5 Å². The second-order valence-electron chi connectivity index (χ2n) is 9.29. The molecule has 0 amide bonds. The molecule has 3 fully saturated rings. The number of ether oxygens (including phenoxy) is 1. The van der Waals surface area contributed by atoms with Gasteiger partial charge >= 0.3 is 0 Å². The summed E-state index contributed by atoms with van der Waals surface area (Å²) in [6.45, 7) is 5.44. The molecule has 31 heavy (non-hydrogen) atoms. The van der Waals surface area contributed by atoms with Gasteiger partial charge in [0.2, 0.25) is 5.95 Å². The third-order valence-electron chi connectivity index (χ3n) is 7.07. The van der Waals surface area contributed by atoms with Crippen molar-refractivity contribution in [3.8, 4) is 0 Å². The summed E-state index contributed by atoms with van der Waals surface area (Å²) >= 11 is 0. The number of aromatic nitrogens is 4. The Morgan fingerprint density at radius 3 is 2.58 bits per heavy atom. The lowest BCUT2D eigenvalue weighted by Gasteiger charge is -2.27. The zero-order chi connectivity index (χ0) is 21.0. The van der Waals surface area contributed by atoms with Crippen molar-refractivity contribution in [1.29, 1.82) is 0 Å². The second-order valence-corrected chi connectivity index (χ2v) is 9.29. The van der Waals surface area contributed by atoms with Crippen LogP contribution in [-0.2, 0) is 4.74 Å². The summed E-state index contributed by atoms with van der Waals surface area (Å²) in [4.78, 5) is 16.9. The Hall–Kier alpha value is -1.97. The zero-order valence-corrected chi connectivity index (χ0v) is 18.4. The van der Waals surface area contributed by atoms with Gasteiger partial charge in [-0.2, -0.15) is 9.97 Å². The van der Waals surface area contributed by atoms with Crippen molar-refractivity contribution in [3.63, 3.8) is 0 Å². The van der Waals surface area contributed by atoms with E-state index in [1.807, 2.05) is 6.33 Å². The SMILES string of the molecule is NC1CCC(Nc2nc(NCCN3CCOCC3)c3ncn(C4CCCC4)c3n2)CC1. The van der Waals surface area contributed by atoms with Gasteiger partial charge in [0.25, 0.3) is 0 Å². The predicted octanol–water partition coefficient (Wildman–Crippen LogP) is 2.37. The van der Waals surface area contributed by atoms with E-state index in [1.54, 1.807) is 0 Å². The van der Waals surface area contributed by atoms with Crippen molar-refractivity contribution >= 4 is 22.9 Å². The highest BCUT2D eigenvalue weighted by Gasteiger charge is 2.24. The quantitative estimate of drug-likeness (QED) is 0.617. The van der Waals surface area contributed by atoms with E-state index in [-0.39, 0.29) is 0 Å². The fraction of sp³-hybridized carbons (Fsp3) is 0.773. The molecule has 0 radical (unpaired) electrons. The molecule has 5 rings (SSSR count). The summed E-state index contributed by atoms with van der Waals surface area (Å²) in [6, 6.07) is 1.23. The van der Waals surface area contributed by atoms with Crippen LogP contribution >= 0.6 is 0 Å². The van der Waals surface area contributed by atoms with Gasteiger partial charge in [-0.3, -0.25) is 4.90 Å². The van der Waals surface area contributed by atoms with Gasteiger partial charge in [-0.15, -0.1) is 0 Å². The van der Waals surface area contributed by atoms with Crippen molar-refractivity contribution < 1.29 is 4.74 Å². The zero-order valence-electron chi connectivity index (χ0n) is 18.4. The molecule has 0 spiro atoms. The van der Waals surface area contributed by atoms with Crippen LogP contribution in [0.3, 0.4) is 0 Å². The van der Waals surface area contributed by atoms with Crippen molar-refractivity contribution in [3.05, 3.63) is 6.33 Å². The molecule has 2 aromatic rings. The van der Waals surface area contributed by atoms with Gasteiger partial charge in [0.05, 0.1) is 19.5 Å². The minimum absolute atomic E-state index is 0.336. The number of nitrogens with one attached hydrogen (secondary N) is 2. The molecule has 3 heterocycles. The first-order valence-electron chi connectivity index (χ1n) is 12.1. The Kier molecular flexibility index (Phi) is 6.52. The summed E-state index contributed by atoms with van der Waals surface area (Å²) in [5, 5.41) is 7.15. The van der Waals surface area contributed by atoms with Gasteiger partial charge in [0.15, 0.2) is 17.0 Å². The minimum Gasteiger partial charge on any atom is -0.379 e. The maximum Gasteiger partial charge on any atom is 0.227 e. The average molecular weight is 429 g/mol. The van der Waals surface area contributed by atoms with Crippen LogP contribution in [0.15, 0.2) is 6.33 Å². The first-order valence-corrected chi connectivity index (χ1v) is 12.1. The molecule has 9 heteroatoms. The summed E-state index contributed by atoms with van der Waals surface area (Å²) in [7, 11) is 0. The number of imidazole rings is 1. The number of hydrogen-bond donors (Lipinski definition) is 3. The molecule has 2 aromatic heterocycles. The van der Waals surface area contributed by atoms with Crippen LogP contribution in [0.2, 0.25) is 0 Å². The highest BCUT2D eigenvalue weighted by Crippen LogP contribution is 2.33. The van der Waals surface area contributed by atoms with Gasteiger partial charge < -0.3 is 25.7 Å². The molecule has 170 valence electrons. The molecule has 0 bridgehead atoms. The molecule has 1 saturated heterocycles. The highest BCUT2D eigenvalue weighted by molar-refractivity contribution is 5.84. The Morgan fingerprint density at radius 1 is 1.03 bits per heavy atom. The van der Waals surface area contributed by atoms with Gasteiger partial charge in [0, 0.05) is 44.3 Å². The molecule has 4 N–H and O–H groups in total. The first kappa shape index (κ1) is 20.9. The predicted molar refractivity (Wildman–Crippen MR) is 122 cm³/mol. The molecule has 1 aliphatic heterocycles. The van der Waals surface area contributed by atoms with Gasteiger partial charge in [-0.1, -0.05) is 12.8 Å². The Morgan fingerprint density at radius 2 is 1.81 bits per heavy atom. The van der Waals surface area contributed by atoms with Crippen molar-refractivity contribution in [2.75, 3.05) is 50.0 Å². The van der Waals surface area contributed by atoms with Gasteiger partial charge in [-0.25, -0.2) is 4.98 Å². The average Bonchev–Trinajstić information content (AvgIpc) is 3.46. The minimum atomic E-state index is 0.336. The summed E-state index contributed by atoms with van der Waals surface area (Å²) < 4.78 is 7.73. The molecule has 9 nitrogen and oxygen atoms in total. The molecule has 2 aliphatic carbocycles. The van der Waals surface area contributed by atoms with Crippen LogP contribution in [0.1, 0.15) is 57.4 Å².